The van der Waals surface area contributed by atoms with Crippen LogP contribution in [-0.4, -0.2) is 45.2 Å². The highest BCUT2D eigenvalue weighted by molar-refractivity contribution is 5.67. The van der Waals surface area contributed by atoms with Crippen LogP contribution in [0.15, 0.2) is 48.5 Å². The van der Waals surface area contributed by atoms with Crippen LogP contribution in [0, 0.1) is 0 Å². The van der Waals surface area contributed by atoms with Gasteiger partial charge in [-0.2, -0.15) is 0 Å². The van der Waals surface area contributed by atoms with Crippen molar-refractivity contribution in [1.82, 2.24) is 4.90 Å². The standard InChI is InChI=1S/C20H26N2O/c1-21(2)18-11-13-22(14-12-18)19-9-7-16(8-10-19)17-5-4-6-20(15-17)23-3/h4-10,15,18H,11-14H2,1-3H3. The molecule has 2 aromatic carbocycles. The van der Waals surface area contributed by atoms with Gasteiger partial charge in [0.1, 0.15) is 5.75 Å². The third kappa shape index (κ3) is 3.67. The van der Waals surface area contributed by atoms with Crippen LogP contribution in [0.5, 0.6) is 5.75 Å². The Morgan fingerprint density at radius 2 is 1.65 bits per heavy atom. The Hall–Kier alpha value is -2.00. The molecule has 1 aliphatic rings. The Kier molecular flexibility index (Phi) is 4.87. The van der Waals surface area contributed by atoms with Crippen LogP contribution in [0.1, 0.15) is 12.8 Å². The SMILES string of the molecule is COc1cccc(-c2ccc(N3CCC(N(C)C)CC3)cc2)c1. The van der Waals surface area contributed by atoms with Crippen molar-refractivity contribution in [2.24, 2.45) is 0 Å². The third-order valence-electron chi connectivity index (χ3n) is 4.83. The molecular weight excluding hydrogens is 284 g/mol. The van der Waals surface area contributed by atoms with Crippen molar-refractivity contribution in [1.29, 1.82) is 0 Å². The lowest BCUT2D eigenvalue weighted by Gasteiger charge is -2.36. The fraction of sp³-hybridized carbons (Fsp3) is 0.400. The molecule has 1 fully saturated rings. The van der Waals surface area contributed by atoms with E-state index in [9.17, 15) is 0 Å². The smallest absolute Gasteiger partial charge is 0.119 e. The predicted octanol–water partition coefficient (Wildman–Crippen LogP) is 3.89. The molecule has 0 aliphatic carbocycles. The van der Waals surface area contributed by atoms with E-state index in [0.29, 0.717) is 0 Å². The molecule has 122 valence electrons. The number of hydrogen-bond acceptors (Lipinski definition) is 3. The second-order valence-electron chi connectivity index (χ2n) is 6.46. The van der Waals surface area contributed by atoms with Crippen molar-refractivity contribution in [3.63, 3.8) is 0 Å². The van der Waals surface area contributed by atoms with E-state index in [0.717, 1.165) is 24.9 Å². The second-order valence-corrected chi connectivity index (χ2v) is 6.46. The van der Waals surface area contributed by atoms with Gasteiger partial charge < -0.3 is 14.5 Å². The molecule has 3 heteroatoms. The van der Waals surface area contributed by atoms with E-state index in [1.54, 1.807) is 7.11 Å². The monoisotopic (exact) mass is 310 g/mol. The Labute approximate surface area is 139 Å². The molecule has 1 aliphatic heterocycles. The second kappa shape index (κ2) is 7.05. The van der Waals surface area contributed by atoms with E-state index in [4.69, 9.17) is 4.74 Å². The maximum Gasteiger partial charge on any atom is 0.119 e. The molecule has 0 radical (unpaired) electrons. The molecule has 0 aromatic heterocycles. The van der Waals surface area contributed by atoms with E-state index >= 15 is 0 Å². The van der Waals surface area contributed by atoms with Crippen molar-refractivity contribution in [3.05, 3.63) is 48.5 Å². The lowest BCUT2D eigenvalue weighted by atomic mass is 10.0. The van der Waals surface area contributed by atoms with Crippen LogP contribution in [0.25, 0.3) is 11.1 Å². The van der Waals surface area contributed by atoms with Gasteiger partial charge in [0.25, 0.3) is 0 Å². The molecule has 23 heavy (non-hydrogen) atoms. The molecule has 0 amide bonds. The predicted molar refractivity (Wildman–Crippen MR) is 97.4 cm³/mol. The molecule has 0 unspecified atom stereocenters. The van der Waals surface area contributed by atoms with Crippen LogP contribution in [0.4, 0.5) is 5.69 Å². The highest BCUT2D eigenvalue weighted by atomic mass is 16.5. The fourth-order valence-electron chi connectivity index (χ4n) is 3.31. The van der Waals surface area contributed by atoms with E-state index in [1.807, 2.05) is 12.1 Å². The molecule has 0 spiro atoms. The van der Waals surface area contributed by atoms with E-state index < -0.39 is 0 Å². The first-order valence-corrected chi connectivity index (χ1v) is 8.33. The van der Waals surface area contributed by atoms with Crippen LogP contribution in [0.2, 0.25) is 0 Å². The number of anilines is 1. The van der Waals surface area contributed by atoms with Crippen molar-refractivity contribution < 1.29 is 4.74 Å². The van der Waals surface area contributed by atoms with Crippen LogP contribution >= 0.6 is 0 Å². The zero-order valence-electron chi connectivity index (χ0n) is 14.3. The van der Waals surface area contributed by atoms with Crippen molar-refractivity contribution >= 4 is 5.69 Å². The average molecular weight is 310 g/mol. The third-order valence-corrected chi connectivity index (χ3v) is 4.83. The zero-order chi connectivity index (χ0) is 16.2. The van der Waals surface area contributed by atoms with Crippen molar-refractivity contribution in [2.75, 3.05) is 39.2 Å². The van der Waals surface area contributed by atoms with Crippen LogP contribution in [0.3, 0.4) is 0 Å². The van der Waals surface area contributed by atoms with Gasteiger partial charge in [0, 0.05) is 24.8 Å². The Balaban J connectivity index is 1.70. The number of rotatable bonds is 4. The van der Waals surface area contributed by atoms with Gasteiger partial charge in [-0.1, -0.05) is 24.3 Å². The first-order valence-electron chi connectivity index (χ1n) is 8.33. The minimum absolute atomic E-state index is 0.724. The van der Waals surface area contributed by atoms with Gasteiger partial charge in [0.15, 0.2) is 0 Å². The first-order chi connectivity index (χ1) is 11.2. The van der Waals surface area contributed by atoms with E-state index in [1.165, 1.54) is 29.7 Å². The number of methoxy groups -OCH3 is 1. The summed E-state index contributed by atoms with van der Waals surface area (Å²) in [5.74, 6) is 0.900. The van der Waals surface area contributed by atoms with Gasteiger partial charge in [-0.25, -0.2) is 0 Å². The van der Waals surface area contributed by atoms with E-state index in [-0.39, 0.29) is 0 Å². The number of hydrogen-bond donors (Lipinski definition) is 0. The lowest BCUT2D eigenvalue weighted by Crippen LogP contribution is -2.41. The Bertz CT molecular complexity index is 628. The topological polar surface area (TPSA) is 15.7 Å². The number of piperidine rings is 1. The van der Waals surface area contributed by atoms with Crippen molar-refractivity contribution in [2.45, 2.75) is 18.9 Å². The van der Waals surface area contributed by atoms with Gasteiger partial charge in [0.05, 0.1) is 7.11 Å². The lowest BCUT2D eigenvalue weighted by molar-refractivity contribution is 0.249. The number of benzene rings is 2. The van der Waals surface area contributed by atoms with Crippen LogP contribution in [-0.2, 0) is 0 Å². The molecule has 0 bridgehead atoms. The summed E-state index contributed by atoms with van der Waals surface area (Å²) in [5, 5.41) is 0. The summed E-state index contributed by atoms with van der Waals surface area (Å²) in [7, 11) is 6.08. The van der Waals surface area contributed by atoms with Crippen molar-refractivity contribution in [3.8, 4) is 16.9 Å². The molecule has 1 saturated heterocycles. The summed E-state index contributed by atoms with van der Waals surface area (Å²) in [4.78, 5) is 4.85. The maximum atomic E-state index is 5.31. The molecule has 0 saturated carbocycles. The zero-order valence-corrected chi connectivity index (χ0v) is 14.3. The molecule has 0 N–H and O–H groups in total. The highest BCUT2D eigenvalue weighted by Gasteiger charge is 2.20. The number of ether oxygens (including phenoxy) is 1. The Morgan fingerprint density at radius 3 is 2.26 bits per heavy atom. The molecule has 0 atom stereocenters. The quantitative estimate of drug-likeness (QED) is 0.852. The van der Waals surface area contributed by atoms with Gasteiger partial charge in [-0.15, -0.1) is 0 Å². The molecule has 3 nitrogen and oxygen atoms in total. The highest BCUT2D eigenvalue weighted by Crippen LogP contribution is 2.27. The van der Waals surface area contributed by atoms with Crippen LogP contribution < -0.4 is 9.64 Å². The van der Waals surface area contributed by atoms with Gasteiger partial charge >= 0.3 is 0 Å². The van der Waals surface area contributed by atoms with Gasteiger partial charge in [-0.05, 0) is 62.3 Å². The maximum absolute atomic E-state index is 5.31. The normalized spacial score (nSPS) is 15.9. The van der Waals surface area contributed by atoms with Gasteiger partial charge in [0.2, 0.25) is 0 Å². The molecule has 1 heterocycles. The fourth-order valence-corrected chi connectivity index (χ4v) is 3.31. The summed E-state index contributed by atoms with van der Waals surface area (Å²) in [6, 6.07) is 17.8. The summed E-state index contributed by atoms with van der Waals surface area (Å²) in [6.07, 6.45) is 2.48. The molecule has 2 aromatic rings. The molecule has 3 rings (SSSR count). The Morgan fingerprint density at radius 1 is 0.957 bits per heavy atom. The minimum Gasteiger partial charge on any atom is -0.497 e. The summed E-state index contributed by atoms with van der Waals surface area (Å²) in [6.45, 7) is 2.28. The number of nitrogens with zero attached hydrogens (tertiary/aromatic N) is 2. The average Bonchev–Trinajstić information content (AvgIpc) is 2.62. The summed E-state index contributed by atoms with van der Waals surface area (Å²) < 4.78 is 5.31. The largest absolute Gasteiger partial charge is 0.497 e. The summed E-state index contributed by atoms with van der Waals surface area (Å²) >= 11 is 0. The first kappa shape index (κ1) is 15.9. The van der Waals surface area contributed by atoms with Gasteiger partial charge in [-0.3, -0.25) is 0 Å². The summed E-state index contributed by atoms with van der Waals surface area (Å²) in [5.41, 5.74) is 3.76. The minimum atomic E-state index is 0.724. The molecular formula is C20H26N2O. The van der Waals surface area contributed by atoms with E-state index in [2.05, 4.69) is 60.3 Å².